The summed E-state index contributed by atoms with van der Waals surface area (Å²) in [6.07, 6.45) is 3.42. The molecule has 0 saturated carbocycles. The van der Waals surface area contributed by atoms with Gasteiger partial charge in [0.25, 0.3) is 0 Å². The van der Waals surface area contributed by atoms with Gasteiger partial charge >= 0.3 is 0 Å². The Balaban J connectivity index is 2.14. The lowest BCUT2D eigenvalue weighted by Crippen LogP contribution is -2.26. The Morgan fingerprint density at radius 2 is 2.10 bits per heavy atom. The predicted octanol–water partition coefficient (Wildman–Crippen LogP) is 4.25. The number of fused-ring (bicyclic) bond motifs is 1. The molecule has 0 aliphatic heterocycles. The van der Waals surface area contributed by atoms with E-state index in [1.54, 1.807) is 7.11 Å². The summed E-state index contributed by atoms with van der Waals surface area (Å²) in [7, 11) is 1.67. The Labute approximate surface area is 133 Å². The Hall–Kier alpha value is -1.26. The number of benzene rings is 1. The molecule has 1 aromatic heterocycles. The Morgan fingerprint density at radius 1 is 1.33 bits per heavy atom. The second-order valence-corrected chi connectivity index (χ2v) is 7.32. The van der Waals surface area contributed by atoms with Crippen molar-refractivity contribution in [3.05, 3.63) is 46.2 Å². The third-order valence-corrected chi connectivity index (χ3v) is 4.86. The molecule has 4 heteroatoms. The highest BCUT2D eigenvalue weighted by atomic mass is 79.9. The summed E-state index contributed by atoms with van der Waals surface area (Å²) in [4.78, 5) is 0. The van der Waals surface area contributed by atoms with Crippen molar-refractivity contribution in [3.63, 3.8) is 0 Å². The normalized spacial score (nSPS) is 20.1. The first-order valence-electron chi connectivity index (χ1n) is 7.13. The molecule has 1 heterocycles. The van der Waals surface area contributed by atoms with Crippen LogP contribution in [-0.2, 0) is 6.42 Å². The molecular formula is C17H20BrNO2. The lowest BCUT2D eigenvalue weighted by atomic mass is 9.75. The molecule has 0 bridgehead atoms. The first kappa shape index (κ1) is 14.7. The first-order chi connectivity index (χ1) is 9.91. The zero-order chi connectivity index (χ0) is 15.2. The predicted molar refractivity (Wildman–Crippen MR) is 87.1 cm³/mol. The molecule has 0 radical (unpaired) electrons. The number of aromatic nitrogens is 1. The van der Waals surface area contributed by atoms with Crippen molar-refractivity contribution in [1.29, 1.82) is 0 Å². The van der Waals surface area contributed by atoms with Gasteiger partial charge in [-0.1, -0.05) is 13.8 Å². The highest BCUT2D eigenvalue weighted by Crippen LogP contribution is 2.42. The van der Waals surface area contributed by atoms with E-state index < -0.39 is 0 Å². The number of hydrogen-bond donors (Lipinski definition) is 1. The van der Waals surface area contributed by atoms with Gasteiger partial charge in [-0.25, -0.2) is 0 Å². The van der Waals surface area contributed by atoms with Crippen LogP contribution in [0.25, 0.3) is 5.69 Å². The number of halogens is 1. The number of nitrogens with zero attached hydrogens (tertiary/aromatic N) is 1. The van der Waals surface area contributed by atoms with E-state index in [4.69, 9.17) is 4.74 Å². The summed E-state index contributed by atoms with van der Waals surface area (Å²) >= 11 is 3.61. The largest absolute Gasteiger partial charge is 0.497 e. The number of rotatable bonds is 2. The van der Waals surface area contributed by atoms with Crippen LogP contribution in [-0.4, -0.2) is 16.8 Å². The first-order valence-corrected chi connectivity index (χ1v) is 7.93. The third kappa shape index (κ3) is 2.62. The van der Waals surface area contributed by atoms with Gasteiger partial charge in [0.05, 0.1) is 18.9 Å². The van der Waals surface area contributed by atoms with Gasteiger partial charge in [0.2, 0.25) is 0 Å². The third-order valence-electron chi connectivity index (χ3n) is 4.19. The average molecular weight is 350 g/mol. The van der Waals surface area contributed by atoms with Crippen LogP contribution in [0.4, 0.5) is 0 Å². The van der Waals surface area contributed by atoms with Gasteiger partial charge in [-0.15, -0.1) is 0 Å². The maximum Gasteiger partial charge on any atom is 0.121 e. The van der Waals surface area contributed by atoms with Gasteiger partial charge in [-0.05, 0) is 52.4 Å². The van der Waals surface area contributed by atoms with Crippen LogP contribution in [0.3, 0.4) is 0 Å². The van der Waals surface area contributed by atoms with Crippen LogP contribution < -0.4 is 4.74 Å². The molecule has 0 saturated heterocycles. The van der Waals surface area contributed by atoms with Crippen LogP contribution >= 0.6 is 15.9 Å². The number of hydrogen-bond acceptors (Lipinski definition) is 2. The summed E-state index contributed by atoms with van der Waals surface area (Å²) in [6.45, 7) is 4.41. The van der Waals surface area contributed by atoms with Gasteiger partial charge < -0.3 is 14.4 Å². The quantitative estimate of drug-likeness (QED) is 0.879. The number of aliphatic hydroxyl groups is 1. The topological polar surface area (TPSA) is 34.4 Å². The van der Waals surface area contributed by atoms with Gasteiger partial charge in [0.15, 0.2) is 0 Å². The van der Waals surface area contributed by atoms with Crippen molar-refractivity contribution in [2.24, 2.45) is 5.41 Å². The fourth-order valence-corrected chi connectivity index (χ4v) is 3.60. The number of ether oxygens (including phenoxy) is 1. The highest BCUT2D eigenvalue weighted by Gasteiger charge is 2.33. The highest BCUT2D eigenvalue weighted by molar-refractivity contribution is 9.10. The Bertz CT molecular complexity index is 675. The zero-order valence-electron chi connectivity index (χ0n) is 12.6. The van der Waals surface area contributed by atoms with E-state index in [2.05, 4.69) is 34.3 Å². The van der Waals surface area contributed by atoms with Gasteiger partial charge in [0.1, 0.15) is 5.75 Å². The standard InChI is InChI=1S/C17H20BrNO2/c1-17(2)9-15-12(16(20)10-17)6-7-19(15)14-8-11(21-3)4-5-13(14)18/h4-8,16,20H,9-10H2,1-3H3. The van der Waals surface area contributed by atoms with E-state index >= 15 is 0 Å². The minimum Gasteiger partial charge on any atom is -0.497 e. The average Bonchev–Trinajstić information content (AvgIpc) is 2.81. The summed E-state index contributed by atoms with van der Waals surface area (Å²) in [5.74, 6) is 0.825. The fourth-order valence-electron chi connectivity index (χ4n) is 3.16. The Kier molecular flexibility index (Phi) is 3.62. The van der Waals surface area contributed by atoms with Gasteiger partial charge in [0, 0.05) is 28.0 Å². The minimum absolute atomic E-state index is 0.105. The molecule has 3 rings (SSSR count). The molecule has 3 nitrogen and oxygen atoms in total. The van der Waals surface area contributed by atoms with E-state index in [-0.39, 0.29) is 11.5 Å². The summed E-state index contributed by atoms with van der Waals surface area (Å²) in [5.41, 5.74) is 3.38. The van der Waals surface area contributed by atoms with Crippen molar-refractivity contribution >= 4 is 15.9 Å². The molecule has 1 aliphatic carbocycles. The molecule has 1 aliphatic rings. The fraction of sp³-hybridized carbons (Fsp3) is 0.412. The second-order valence-electron chi connectivity index (χ2n) is 6.47. The van der Waals surface area contributed by atoms with Crippen LogP contribution in [0.2, 0.25) is 0 Å². The molecule has 2 aromatic rings. The molecule has 1 atom stereocenters. The SMILES string of the molecule is COc1ccc(Br)c(-n2ccc3c2CC(C)(C)CC3O)c1. The molecule has 21 heavy (non-hydrogen) atoms. The van der Waals surface area contributed by atoms with Crippen molar-refractivity contribution in [2.45, 2.75) is 32.8 Å². The zero-order valence-corrected chi connectivity index (χ0v) is 14.1. The maximum atomic E-state index is 10.4. The monoisotopic (exact) mass is 349 g/mol. The van der Waals surface area contributed by atoms with Crippen molar-refractivity contribution in [2.75, 3.05) is 7.11 Å². The van der Waals surface area contributed by atoms with E-state index in [9.17, 15) is 5.11 Å². The smallest absolute Gasteiger partial charge is 0.121 e. The second kappa shape index (κ2) is 5.18. The summed E-state index contributed by atoms with van der Waals surface area (Å²) < 4.78 is 8.50. The van der Waals surface area contributed by atoms with Crippen LogP contribution in [0.15, 0.2) is 34.9 Å². The van der Waals surface area contributed by atoms with Crippen molar-refractivity contribution < 1.29 is 9.84 Å². The van der Waals surface area contributed by atoms with Gasteiger partial charge in [-0.2, -0.15) is 0 Å². The molecule has 0 spiro atoms. The van der Waals surface area contributed by atoms with Gasteiger partial charge in [-0.3, -0.25) is 0 Å². The molecule has 1 unspecified atom stereocenters. The summed E-state index contributed by atoms with van der Waals surface area (Å²) in [6, 6.07) is 7.97. The molecular weight excluding hydrogens is 330 g/mol. The van der Waals surface area contributed by atoms with E-state index in [0.29, 0.717) is 0 Å². The molecule has 0 amide bonds. The Morgan fingerprint density at radius 3 is 2.81 bits per heavy atom. The van der Waals surface area contributed by atoms with Crippen molar-refractivity contribution in [1.82, 2.24) is 4.57 Å². The lowest BCUT2D eigenvalue weighted by Gasteiger charge is -2.34. The molecule has 0 fully saturated rings. The number of methoxy groups -OCH3 is 1. The molecule has 1 aromatic carbocycles. The molecule has 112 valence electrons. The van der Waals surface area contributed by atoms with Crippen LogP contribution in [0.5, 0.6) is 5.75 Å². The van der Waals surface area contributed by atoms with Crippen LogP contribution in [0, 0.1) is 5.41 Å². The minimum atomic E-state index is -0.380. The lowest BCUT2D eigenvalue weighted by molar-refractivity contribution is 0.0987. The van der Waals surface area contributed by atoms with E-state index in [1.165, 1.54) is 5.69 Å². The molecule has 1 N–H and O–H groups in total. The van der Waals surface area contributed by atoms with E-state index in [0.717, 1.165) is 34.3 Å². The van der Waals surface area contributed by atoms with Crippen molar-refractivity contribution in [3.8, 4) is 11.4 Å². The van der Waals surface area contributed by atoms with Crippen LogP contribution in [0.1, 0.15) is 37.6 Å². The maximum absolute atomic E-state index is 10.4. The number of aliphatic hydroxyl groups excluding tert-OH is 1. The summed E-state index contributed by atoms with van der Waals surface area (Å²) in [5, 5.41) is 10.4. The van der Waals surface area contributed by atoms with E-state index in [1.807, 2.05) is 30.5 Å².